The van der Waals surface area contributed by atoms with Crippen LogP contribution in [0.3, 0.4) is 0 Å². The number of amides is 3. The Balaban J connectivity index is 1.49. The molecule has 8 heteroatoms. The van der Waals surface area contributed by atoms with E-state index in [1.807, 2.05) is 35.2 Å². The zero-order valence-corrected chi connectivity index (χ0v) is 20.0. The predicted octanol–water partition coefficient (Wildman–Crippen LogP) is 2.70. The fourth-order valence-electron chi connectivity index (χ4n) is 5.23. The maximum atomic E-state index is 13.8. The van der Waals surface area contributed by atoms with E-state index in [9.17, 15) is 19.5 Å². The van der Waals surface area contributed by atoms with Crippen molar-refractivity contribution in [3.05, 3.63) is 60.4 Å². The minimum absolute atomic E-state index is 0.0184. The number of aliphatic hydroxyl groups is 1. The number of rotatable bonds is 10. The van der Waals surface area contributed by atoms with Gasteiger partial charge in [-0.2, -0.15) is 0 Å². The number of ether oxygens (including phenoxy) is 1. The van der Waals surface area contributed by atoms with Crippen LogP contribution in [0.1, 0.15) is 50.5 Å². The number of hydrogen-bond donors (Lipinski definition) is 1. The van der Waals surface area contributed by atoms with Gasteiger partial charge in [-0.15, -0.1) is 0 Å². The molecule has 2 saturated heterocycles. The van der Waals surface area contributed by atoms with Crippen molar-refractivity contribution in [2.75, 3.05) is 26.3 Å². The third kappa shape index (κ3) is 5.53. The Kier molecular flexibility index (Phi) is 8.13. The minimum atomic E-state index is -1.21. The number of likely N-dealkylation sites (tertiary alicyclic amines) is 2. The van der Waals surface area contributed by atoms with Gasteiger partial charge in [0.1, 0.15) is 5.75 Å². The Labute approximate surface area is 205 Å². The number of pyridine rings is 1. The third-order valence-corrected chi connectivity index (χ3v) is 7.03. The van der Waals surface area contributed by atoms with Crippen LogP contribution in [0.2, 0.25) is 0 Å². The van der Waals surface area contributed by atoms with Gasteiger partial charge in [-0.05, 0) is 49.8 Å². The van der Waals surface area contributed by atoms with Crippen molar-refractivity contribution in [2.45, 2.75) is 56.4 Å². The summed E-state index contributed by atoms with van der Waals surface area (Å²) in [6.45, 7) is 1.21. The summed E-state index contributed by atoms with van der Waals surface area (Å²) in [4.78, 5) is 47.5. The van der Waals surface area contributed by atoms with E-state index in [1.54, 1.807) is 24.5 Å². The molecule has 0 aliphatic carbocycles. The van der Waals surface area contributed by atoms with Crippen molar-refractivity contribution in [1.29, 1.82) is 0 Å². The molecule has 35 heavy (non-hydrogen) atoms. The summed E-state index contributed by atoms with van der Waals surface area (Å²) in [6, 6.07) is 12.7. The molecule has 1 N–H and O–H groups in total. The molecule has 0 spiro atoms. The number of carbonyl (C=O) groups excluding carboxylic acids is 3. The molecule has 2 atom stereocenters. The normalized spacial score (nSPS) is 22.5. The van der Waals surface area contributed by atoms with Gasteiger partial charge in [0.05, 0.1) is 18.2 Å². The highest BCUT2D eigenvalue weighted by Crippen LogP contribution is 2.41. The van der Waals surface area contributed by atoms with Gasteiger partial charge < -0.3 is 14.7 Å². The first kappa shape index (κ1) is 24.9. The molecular weight excluding hydrogens is 446 g/mol. The van der Waals surface area contributed by atoms with Crippen molar-refractivity contribution >= 4 is 17.7 Å². The highest BCUT2D eigenvalue weighted by molar-refractivity contribution is 6.10. The highest BCUT2D eigenvalue weighted by Gasteiger charge is 2.54. The molecule has 2 aliphatic heterocycles. The minimum Gasteiger partial charge on any atom is -0.492 e. The van der Waals surface area contributed by atoms with Crippen LogP contribution in [0.15, 0.2) is 54.9 Å². The SMILES string of the molecule is O=C1CC(CC(=O)N2CCCCC2CCO)(c2ccccc2)C(=O)N1CCCOc1cccnc1. The van der Waals surface area contributed by atoms with Gasteiger partial charge in [0, 0.05) is 44.8 Å². The molecule has 2 unspecified atom stereocenters. The van der Waals surface area contributed by atoms with Crippen LogP contribution in [0, 0.1) is 0 Å². The standard InChI is InChI=1S/C27H33N3O5/c31-16-12-22-10-4-5-14-29(22)24(32)18-27(21-8-2-1-3-9-21)19-25(33)30(26(27)34)15-7-17-35-23-11-6-13-28-20-23/h1-3,6,8-9,11,13,20,22,31H,4-5,7,10,12,14-19H2. The molecule has 0 radical (unpaired) electrons. The maximum Gasteiger partial charge on any atom is 0.240 e. The number of nitrogens with zero attached hydrogens (tertiary/aromatic N) is 3. The van der Waals surface area contributed by atoms with Crippen molar-refractivity contribution in [1.82, 2.24) is 14.8 Å². The highest BCUT2D eigenvalue weighted by atomic mass is 16.5. The molecule has 0 bridgehead atoms. The van der Waals surface area contributed by atoms with Crippen molar-refractivity contribution < 1.29 is 24.2 Å². The lowest BCUT2D eigenvalue weighted by molar-refractivity contribution is -0.144. The van der Waals surface area contributed by atoms with Gasteiger partial charge in [0.25, 0.3) is 0 Å². The van der Waals surface area contributed by atoms with E-state index >= 15 is 0 Å². The van der Waals surface area contributed by atoms with Crippen molar-refractivity contribution in [2.24, 2.45) is 0 Å². The summed E-state index contributed by atoms with van der Waals surface area (Å²) >= 11 is 0. The Bertz CT molecular complexity index is 1010. The summed E-state index contributed by atoms with van der Waals surface area (Å²) < 4.78 is 5.66. The van der Waals surface area contributed by atoms with Gasteiger partial charge in [0.2, 0.25) is 17.7 Å². The molecule has 2 aromatic rings. The fourth-order valence-corrected chi connectivity index (χ4v) is 5.23. The van der Waals surface area contributed by atoms with Gasteiger partial charge in [-0.25, -0.2) is 0 Å². The predicted molar refractivity (Wildman–Crippen MR) is 129 cm³/mol. The van der Waals surface area contributed by atoms with E-state index in [4.69, 9.17) is 4.74 Å². The number of piperidine rings is 1. The van der Waals surface area contributed by atoms with Crippen molar-refractivity contribution in [3.8, 4) is 5.75 Å². The average Bonchev–Trinajstić information content (AvgIpc) is 3.13. The number of imide groups is 1. The molecule has 1 aromatic heterocycles. The van der Waals surface area contributed by atoms with Crippen LogP contribution in [-0.4, -0.2) is 70.0 Å². The molecule has 8 nitrogen and oxygen atoms in total. The first-order chi connectivity index (χ1) is 17.0. The molecule has 2 fully saturated rings. The van der Waals surface area contributed by atoms with E-state index in [0.717, 1.165) is 19.3 Å². The Morgan fingerprint density at radius 3 is 2.71 bits per heavy atom. The lowest BCUT2D eigenvalue weighted by Crippen LogP contribution is -2.48. The first-order valence-corrected chi connectivity index (χ1v) is 12.4. The fraction of sp³-hybridized carbons (Fsp3) is 0.481. The zero-order chi connectivity index (χ0) is 24.7. The Morgan fingerprint density at radius 1 is 1.14 bits per heavy atom. The van der Waals surface area contributed by atoms with Crippen LogP contribution in [-0.2, 0) is 19.8 Å². The van der Waals surface area contributed by atoms with Crippen molar-refractivity contribution in [3.63, 3.8) is 0 Å². The number of aliphatic hydroxyl groups excluding tert-OH is 1. The zero-order valence-electron chi connectivity index (χ0n) is 20.0. The molecule has 2 aliphatic rings. The Hall–Kier alpha value is -3.26. The summed E-state index contributed by atoms with van der Waals surface area (Å²) in [6.07, 6.45) is 6.98. The second-order valence-corrected chi connectivity index (χ2v) is 9.29. The number of hydrogen-bond acceptors (Lipinski definition) is 6. The summed E-state index contributed by atoms with van der Waals surface area (Å²) in [7, 11) is 0. The van der Waals surface area contributed by atoms with E-state index in [0.29, 0.717) is 37.3 Å². The van der Waals surface area contributed by atoms with Crippen LogP contribution >= 0.6 is 0 Å². The van der Waals surface area contributed by atoms with Gasteiger partial charge in [0.15, 0.2) is 0 Å². The maximum absolute atomic E-state index is 13.8. The van der Waals surface area contributed by atoms with E-state index < -0.39 is 5.41 Å². The van der Waals surface area contributed by atoms with E-state index in [1.165, 1.54) is 4.90 Å². The molecular formula is C27H33N3O5. The largest absolute Gasteiger partial charge is 0.492 e. The van der Waals surface area contributed by atoms with Gasteiger partial charge in [-0.3, -0.25) is 24.3 Å². The summed E-state index contributed by atoms with van der Waals surface area (Å²) in [5.74, 6) is -0.0811. The van der Waals surface area contributed by atoms with Crippen LogP contribution in [0.25, 0.3) is 0 Å². The molecule has 0 saturated carbocycles. The second-order valence-electron chi connectivity index (χ2n) is 9.29. The smallest absolute Gasteiger partial charge is 0.240 e. The molecule has 4 rings (SSSR count). The monoisotopic (exact) mass is 479 g/mol. The number of benzene rings is 1. The average molecular weight is 480 g/mol. The number of carbonyl (C=O) groups is 3. The number of aromatic nitrogens is 1. The Morgan fingerprint density at radius 2 is 1.97 bits per heavy atom. The molecule has 186 valence electrons. The molecule has 1 aromatic carbocycles. The van der Waals surface area contributed by atoms with Gasteiger partial charge in [-0.1, -0.05) is 30.3 Å². The first-order valence-electron chi connectivity index (χ1n) is 12.4. The van der Waals surface area contributed by atoms with E-state index in [2.05, 4.69) is 4.98 Å². The third-order valence-electron chi connectivity index (χ3n) is 7.03. The van der Waals surface area contributed by atoms with Crippen LogP contribution in [0.4, 0.5) is 0 Å². The van der Waals surface area contributed by atoms with Crippen LogP contribution < -0.4 is 4.74 Å². The lowest BCUT2D eigenvalue weighted by Gasteiger charge is -2.38. The summed E-state index contributed by atoms with van der Waals surface area (Å²) in [5, 5.41) is 9.46. The second kappa shape index (κ2) is 11.4. The molecule has 3 amide bonds. The quantitative estimate of drug-likeness (QED) is 0.416. The summed E-state index contributed by atoms with van der Waals surface area (Å²) in [5.41, 5.74) is -0.516. The topological polar surface area (TPSA) is 100 Å². The molecule has 3 heterocycles. The van der Waals surface area contributed by atoms with E-state index in [-0.39, 0.29) is 49.8 Å². The van der Waals surface area contributed by atoms with Gasteiger partial charge >= 0.3 is 0 Å². The lowest BCUT2D eigenvalue weighted by atomic mass is 9.75. The van der Waals surface area contributed by atoms with Crippen LogP contribution in [0.5, 0.6) is 5.75 Å².